The minimum absolute atomic E-state index is 0.0867. The van der Waals surface area contributed by atoms with Crippen molar-refractivity contribution in [3.05, 3.63) is 51.6 Å². The molecule has 2 aromatic heterocycles. The fourth-order valence-electron chi connectivity index (χ4n) is 3.40. The Kier molecular flexibility index (Phi) is 2.90. The Hall–Kier alpha value is -2.40. The highest BCUT2D eigenvalue weighted by atomic mass is 16.3. The molecule has 5 nitrogen and oxygen atoms in total. The van der Waals surface area contributed by atoms with E-state index in [0.717, 1.165) is 24.8 Å². The summed E-state index contributed by atoms with van der Waals surface area (Å²) in [5, 5.41) is 11.2. The van der Waals surface area contributed by atoms with E-state index in [2.05, 4.69) is 11.1 Å². The van der Waals surface area contributed by atoms with Gasteiger partial charge in [0.2, 0.25) is 0 Å². The summed E-state index contributed by atoms with van der Waals surface area (Å²) in [5.74, 6) is 0.0867. The molecule has 0 radical (unpaired) electrons. The first kappa shape index (κ1) is 13.3. The van der Waals surface area contributed by atoms with Crippen molar-refractivity contribution >= 4 is 16.5 Å². The van der Waals surface area contributed by atoms with Gasteiger partial charge in [0.15, 0.2) is 5.75 Å². The van der Waals surface area contributed by atoms with Gasteiger partial charge >= 0.3 is 0 Å². The molecule has 2 aliphatic rings. The lowest BCUT2D eigenvalue weighted by Crippen LogP contribution is -2.27. The highest BCUT2D eigenvalue weighted by Crippen LogP contribution is 2.39. The van der Waals surface area contributed by atoms with Crippen LogP contribution in [-0.2, 0) is 13.1 Å². The van der Waals surface area contributed by atoms with Gasteiger partial charge in [-0.1, -0.05) is 17.7 Å². The van der Waals surface area contributed by atoms with Gasteiger partial charge in [-0.15, -0.1) is 0 Å². The Bertz CT molecular complexity index is 906. The molecule has 4 rings (SSSR count). The molecule has 3 heterocycles. The van der Waals surface area contributed by atoms with Gasteiger partial charge < -0.3 is 15.4 Å². The number of hydrogen-bond acceptors (Lipinski definition) is 4. The summed E-state index contributed by atoms with van der Waals surface area (Å²) in [5.41, 5.74) is 9.45. The first-order valence-corrected chi connectivity index (χ1v) is 7.55. The Morgan fingerprint density at radius 2 is 2.18 bits per heavy atom. The fourth-order valence-corrected chi connectivity index (χ4v) is 3.40. The van der Waals surface area contributed by atoms with E-state index in [4.69, 9.17) is 5.73 Å². The summed E-state index contributed by atoms with van der Waals surface area (Å²) >= 11 is 0. The van der Waals surface area contributed by atoms with Crippen LogP contribution < -0.4 is 11.3 Å². The third-order valence-electron chi connectivity index (χ3n) is 4.53. The van der Waals surface area contributed by atoms with Crippen molar-refractivity contribution < 1.29 is 5.11 Å². The largest absolute Gasteiger partial charge is 0.504 e. The molecule has 0 aromatic carbocycles. The van der Waals surface area contributed by atoms with E-state index in [1.807, 2.05) is 6.08 Å². The molecule has 1 aliphatic heterocycles. The Balaban J connectivity index is 2.11. The molecule has 0 bridgehead atoms. The number of nitrogens with two attached hydrogens (primary N) is 1. The van der Waals surface area contributed by atoms with Gasteiger partial charge in [-0.2, -0.15) is 0 Å². The van der Waals surface area contributed by atoms with E-state index in [9.17, 15) is 9.90 Å². The highest BCUT2D eigenvalue weighted by Gasteiger charge is 2.25. The number of hydrogen-bond donors (Lipinski definition) is 2. The van der Waals surface area contributed by atoms with Crippen molar-refractivity contribution in [3.8, 4) is 5.75 Å². The van der Waals surface area contributed by atoms with Gasteiger partial charge in [-0.3, -0.25) is 4.79 Å². The zero-order valence-corrected chi connectivity index (χ0v) is 12.2. The zero-order valence-electron chi connectivity index (χ0n) is 12.2. The maximum absolute atomic E-state index is 12.7. The summed E-state index contributed by atoms with van der Waals surface area (Å²) in [4.78, 5) is 17.1. The third kappa shape index (κ3) is 1.75. The van der Waals surface area contributed by atoms with Gasteiger partial charge in [0, 0.05) is 18.7 Å². The van der Waals surface area contributed by atoms with Crippen LogP contribution in [-0.4, -0.2) is 14.7 Å². The molecule has 1 aliphatic carbocycles. The molecule has 3 N–H and O–H groups in total. The predicted octanol–water partition coefficient (Wildman–Crippen LogP) is 2.07. The standard InChI is InChI=1S/C17H17N3O2/c18-9-11-5-6-13-14(19-11)16(21)15-12-4-2-1-3-10(12)7-8-20(15)17(13)22/h2,4-6,21H,1,3,7-9,18H2. The van der Waals surface area contributed by atoms with Crippen molar-refractivity contribution in [2.75, 3.05) is 0 Å². The number of rotatable bonds is 1. The van der Waals surface area contributed by atoms with Crippen LogP contribution in [0.25, 0.3) is 16.5 Å². The highest BCUT2D eigenvalue weighted by molar-refractivity contribution is 5.91. The first-order valence-electron chi connectivity index (χ1n) is 7.55. The quantitative estimate of drug-likeness (QED) is 0.844. The molecule has 0 amide bonds. The lowest BCUT2D eigenvalue weighted by Gasteiger charge is -2.26. The average molecular weight is 295 g/mol. The van der Waals surface area contributed by atoms with Crippen molar-refractivity contribution in [2.45, 2.75) is 32.4 Å². The third-order valence-corrected chi connectivity index (χ3v) is 4.53. The van der Waals surface area contributed by atoms with Crippen LogP contribution in [0.5, 0.6) is 5.75 Å². The van der Waals surface area contributed by atoms with Crippen molar-refractivity contribution in [1.29, 1.82) is 0 Å². The second-order valence-electron chi connectivity index (χ2n) is 5.77. The molecule has 5 heteroatoms. The van der Waals surface area contributed by atoms with Crippen LogP contribution in [0.15, 0.2) is 34.7 Å². The molecule has 0 saturated carbocycles. The Morgan fingerprint density at radius 3 is 3.00 bits per heavy atom. The maximum Gasteiger partial charge on any atom is 0.260 e. The molecule has 0 spiro atoms. The molecule has 112 valence electrons. The second kappa shape index (κ2) is 4.81. The molecule has 0 atom stereocenters. The Labute approximate surface area is 127 Å². The SMILES string of the molecule is NCc1ccc2c(=O)n3c(c(O)c2n1)C1=C(CCC=C1)CC3. The number of pyridine rings is 2. The van der Waals surface area contributed by atoms with Crippen LogP contribution in [0.2, 0.25) is 0 Å². The summed E-state index contributed by atoms with van der Waals surface area (Å²) < 4.78 is 1.68. The summed E-state index contributed by atoms with van der Waals surface area (Å²) in [7, 11) is 0. The smallest absolute Gasteiger partial charge is 0.260 e. The van der Waals surface area contributed by atoms with Gasteiger partial charge in [-0.25, -0.2) is 4.98 Å². The minimum Gasteiger partial charge on any atom is -0.504 e. The number of aromatic nitrogens is 2. The maximum atomic E-state index is 12.7. The summed E-state index contributed by atoms with van der Waals surface area (Å²) in [6.45, 7) is 0.893. The lowest BCUT2D eigenvalue weighted by molar-refractivity contribution is 0.464. The zero-order chi connectivity index (χ0) is 15.3. The molecular weight excluding hydrogens is 278 g/mol. The van der Waals surface area contributed by atoms with Crippen LogP contribution in [0, 0.1) is 0 Å². The monoisotopic (exact) mass is 295 g/mol. The van der Waals surface area contributed by atoms with Gasteiger partial charge in [0.25, 0.3) is 5.56 Å². The summed E-state index contributed by atoms with van der Waals surface area (Å²) in [6.07, 6.45) is 6.99. The van der Waals surface area contributed by atoms with Crippen LogP contribution in [0.4, 0.5) is 0 Å². The average Bonchev–Trinajstić information content (AvgIpc) is 2.58. The predicted molar refractivity (Wildman–Crippen MR) is 85.5 cm³/mol. The van der Waals surface area contributed by atoms with Crippen molar-refractivity contribution in [2.24, 2.45) is 5.73 Å². The van der Waals surface area contributed by atoms with E-state index in [-0.39, 0.29) is 17.9 Å². The van der Waals surface area contributed by atoms with E-state index >= 15 is 0 Å². The van der Waals surface area contributed by atoms with Gasteiger partial charge in [-0.05, 0) is 31.4 Å². The van der Waals surface area contributed by atoms with E-state index in [0.29, 0.717) is 28.8 Å². The number of aromatic hydroxyl groups is 1. The molecule has 0 unspecified atom stereocenters. The molecule has 0 fully saturated rings. The Morgan fingerprint density at radius 1 is 1.32 bits per heavy atom. The second-order valence-corrected chi connectivity index (χ2v) is 5.77. The molecule has 2 aromatic rings. The minimum atomic E-state index is -0.0932. The van der Waals surface area contributed by atoms with Crippen LogP contribution in [0.3, 0.4) is 0 Å². The van der Waals surface area contributed by atoms with Gasteiger partial charge in [0.1, 0.15) is 5.52 Å². The molecule has 0 saturated heterocycles. The molecular formula is C17H17N3O2. The van der Waals surface area contributed by atoms with Gasteiger partial charge in [0.05, 0.1) is 16.8 Å². The van der Waals surface area contributed by atoms with Crippen LogP contribution >= 0.6 is 0 Å². The molecule has 22 heavy (non-hydrogen) atoms. The number of fused-ring (bicyclic) bond motifs is 3. The topological polar surface area (TPSA) is 81.1 Å². The van der Waals surface area contributed by atoms with Crippen LogP contribution in [0.1, 0.15) is 30.7 Å². The van der Waals surface area contributed by atoms with Crippen molar-refractivity contribution in [3.63, 3.8) is 0 Å². The number of allylic oxidation sites excluding steroid dienone is 4. The normalized spacial score (nSPS) is 16.8. The van der Waals surface area contributed by atoms with E-state index in [1.54, 1.807) is 16.7 Å². The summed E-state index contributed by atoms with van der Waals surface area (Å²) in [6, 6.07) is 3.45. The van der Waals surface area contributed by atoms with E-state index in [1.165, 1.54) is 5.57 Å². The first-order chi connectivity index (χ1) is 10.7. The van der Waals surface area contributed by atoms with E-state index < -0.39 is 0 Å². The van der Waals surface area contributed by atoms with Crippen molar-refractivity contribution in [1.82, 2.24) is 9.55 Å². The number of nitrogens with zero attached hydrogens (tertiary/aromatic N) is 2. The lowest BCUT2D eigenvalue weighted by atomic mass is 9.89. The fraction of sp³-hybridized carbons (Fsp3) is 0.294.